The van der Waals surface area contributed by atoms with Crippen LogP contribution in [0.3, 0.4) is 0 Å². The number of nitrogens with one attached hydrogen (secondary N) is 1. The molecule has 152 valence electrons. The second kappa shape index (κ2) is 9.26. The van der Waals surface area contributed by atoms with Gasteiger partial charge >= 0.3 is 5.97 Å². The van der Waals surface area contributed by atoms with Gasteiger partial charge < -0.3 is 27.3 Å². The van der Waals surface area contributed by atoms with Crippen LogP contribution in [-0.2, 0) is 23.3 Å². The van der Waals surface area contributed by atoms with E-state index >= 15 is 0 Å². The summed E-state index contributed by atoms with van der Waals surface area (Å²) in [6.45, 7) is 6.79. The average Bonchev–Trinajstić information content (AvgIpc) is 2.59. The Morgan fingerprint density at radius 1 is 1.14 bits per heavy atom. The highest BCUT2D eigenvalue weighted by atomic mass is 79.9. The molecule has 7 N–H and O–H groups in total. The first-order chi connectivity index (χ1) is 13.1. The Hall–Kier alpha value is -1.61. The van der Waals surface area contributed by atoms with Crippen molar-refractivity contribution in [1.29, 1.82) is 0 Å². The van der Waals surface area contributed by atoms with E-state index in [0.717, 1.165) is 15.6 Å². The van der Waals surface area contributed by atoms with E-state index in [1.165, 1.54) is 0 Å². The summed E-state index contributed by atoms with van der Waals surface area (Å²) in [4.78, 5) is 12.5. The number of carbonyl (C=O) groups excluding carboxylic acids is 1. The lowest BCUT2D eigenvalue weighted by Gasteiger charge is -2.25. The zero-order valence-corrected chi connectivity index (χ0v) is 19.4. The summed E-state index contributed by atoms with van der Waals surface area (Å²) in [5.74, 6) is 0.0407. The minimum absolute atomic E-state index is 0.0269. The van der Waals surface area contributed by atoms with Gasteiger partial charge in [0.05, 0.1) is 11.0 Å². The van der Waals surface area contributed by atoms with E-state index in [1.807, 2.05) is 45.0 Å². The van der Waals surface area contributed by atoms with Gasteiger partial charge in [0.25, 0.3) is 0 Å². The molecule has 2 aromatic rings. The van der Waals surface area contributed by atoms with Crippen molar-refractivity contribution in [2.24, 2.45) is 5.73 Å². The maximum atomic E-state index is 12.5. The molecule has 0 aliphatic rings. The molecular formula is C20H26Br2N4O2. The summed E-state index contributed by atoms with van der Waals surface area (Å²) in [5.41, 5.74) is 21.3. The minimum atomic E-state index is -0.412. The first kappa shape index (κ1) is 22.7. The minimum Gasteiger partial charge on any atom is -0.424 e. The number of esters is 1. The SMILES string of the molecule is CC(C)(C)c1cc(N)c(CN)c(Br)c1OC(=O)CNCc1c(N)cccc1Br. The van der Waals surface area contributed by atoms with Crippen molar-refractivity contribution >= 4 is 49.2 Å². The van der Waals surface area contributed by atoms with Gasteiger partial charge in [-0.25, -0.2) is 0 Å². The lowest BCUT2D eigenvalue weighted by atomic mass is 9.85. The number of nitrogen functional groups attached to an aromatic ring is 2. The Balaban J connectivity index is 2.17. The molecule has 2 aromatic carbocycles. The number of halogens is 2. The molecule has 0 amide bonds. The van der Waals surface area contributed by atoms with E-state index in [2.05, 4.69) is 37.2 Å². The Labute approximate surface area is 182 Å². The lowest BCUT2D eigenvalue weighted by Crippen LogP contribution is -2.28. The lowest BCUT2D eigenvalue weighted by molar-refractivity contribution is -0.133. The quantitative estimate of drug-likeness (QED) is 0.265. The average molecular weight is 514 g/mol. The molecule has 0 heterocycles. The zero-order chi connectivity index (χ0) is 21.1. The molecule has 0 bridgehead atoms. The molecule has 8 heteroatoms. The van der Waals surface area contributed by atoms with Crippen molar-refractivity contribution in [2.45, 2.75) is 39.3 Å². The summed E-state index contributed by atoms with van der Waals surface area (Å²) in [7, 11) is 0. The molecule has 2 rings (SSSR count). The van der Waals surface area contributed by atoms with Crippen LogP contribution in [0.25, 0.3) is 0 Å². The fourth-order valence-corrected chi connectivity index (χ4v) is 3.96. The summed E-state index contributed by atoms with van der Waals surface area (Å²) in [6, 6.07) is 7.40. The summed E-state index contributed by atoms with van der Waals surface area (Å²) >= 11 is 6.97. The summed E-state index contributed by atoms with van der Waals surface area (Å²) < 4.78 is 7.20. The Morgan fingerprint density at radius 2 is 1.82 bits per heavy atom. The third kappa shape index (κ3) is 5.26. The van der Waals surface area contributed by atoms with E-state index in [9.17, 15) is 4.79 Å². The highest BCUT2D eigenvalue weighted by Gasteiger charge is 2.26. The Bertz CT molecular complexity index is 859. The van der Waals surface area contributed by atoms with Crippen LogP contribution in [0.4, 0.5) is 11.4 Å². The normalized spacial score (nSPS) is 11.5. The summed E-state index contributed by atoms with van der Waals surface area (Å²) in [5, 5.41) is 3.07. The number of hydrogen-bond donors (Lipinski definition) is 4. The monoisotopic (exact) mass is 512 g/mol. The van der Waals surface area contributed by atoms with E-state index in [0.29, 0.717) is 33.7 Å². The first-order valence-corrected chi connectivity index (χ1v) is 10.4. The molecule has 0 atom stereocenters. The molecular weight excluding hydrogens is 488 g/mol. The van der Waals surface area contributed by atoms with E-state index in [-0.39, 0.29) is 18.5 Å². The molecule has 0 spiro atoms. The number of ether oxygens (including phenoxy) is 1. The van der Waals surface area contributed by atoms with Gasteiger partial charge in [-0.2, -0.15) is 0 Å². The predicted molar refractivity (Wildman–Crippen MR) is 121 cm³/mol. The number of hydrogen-bond acceptors (Lipinski definition) is 6. The van der Waals surface area contributed by atoms with Gasteiger partial charge in [-0.15, -0.1) is 0 Å². The van der Waals surface area contributed by atoms with E-state index in [4.69, 9.17) is 21.9 Å². The molecule has 28 heavy (non-hydrogen) atoms. The molecule has 6 nitrogen and oxygen atoms in total. The fraction of sp³-hybridized carbons (Fsp3) is 0.350. The topological polar surface area (TPSA) is 116 Å². The van der Waals surface area contributed by atoms with Gasteiger partial charge in [-0.3, -0.25) is 4.79 Å². The van der Waals surface area contributed by atoms with Crippen molar-refractivity contribution in [3.05, 3.63) is 49.9 Å². The van der Waals surface area contributed by atoms with Crippen LogP contribution < -0.4 is 27.3 Å². The zero-order valence-electron chi connectivity index (χ0n) is 16.2. The van der Waals surface area contributed by atoms with Gasteiger partial charge in [0, 0.05) is 45.6 Å². The van der Waals surface area contributed by atoms with Gasteiger partial charge in [0.15, 0.2) is 0 Å². The third-order valence-electron chi connectivity index (χ3n) is 4.31. The second-order valence-corrected chi connectivity index (χ2v) is 9.12. The molecule has 0 saturated carbocycles. The predicted octanol–water partition coefficient (Wildman–Crippen LogP) is 3.83. The Kier molecular flexibility index (Phi) is 7.50. The summed E-state index contributed by atoms with van der Waals surface area (Å²) in [6.07, 6.45) is 0. The first-order valence-electron chi connectivity index (χ1n) is 8.82. The van der Waals surface area contributed by atoms with Crippen molar-refractivity contribution < 1.29 is 9.53 Å². The van der Waals surface area contributed by atoms with Crippen LogP contribution in [0.5, 0.6) is 5.75 Å². The number of rotatable bonds is 6. The van der Waals surface area contributed by atoms with Crippen molar-refractivity contribution in [3.8, 4) is 5.75 Å². The van der Waals surface area contributed by atoms with Gasteiger partial charge in [0.1, 0.15) is 5.75 Å². The van der Waals surface area contributed by atoms with Gasteiger partial charge in [-0.1, -0.05) is 42.8 Å². The third-order valence-corrected chi connectivity index (χ3v) is 5.89. The molecule has 0 saturated heterocycles. The Morgan fingerprint density at radius 3 is 2.39 bits per heavy atom. The van der Waals surface area contributed by atoms with Crippen LogP contribution in [0, 0.1) is 0 Å². The smallest absolute Gasteiger partial charge is 0.325 e. The second-order valence-electron chi connectivity index (χ2n) is 7.47. The van der Waals surface area contributed by atoms with Crippen LogP contribution in [0.15, 0.2) is 33.2 Å². The van der Waals surface area contributed by atoms with Crippen molar-refractivity contribution in [3.63, 3.8) is 0 Å². The van der Waals surface area contributed by atoms with Crippen LogP contribution >= 0.6 is 31.9 Å². The molecule has 0 aromatic heterocycles. The molecule has 0 radical (unpaired) electrons. The van der Waals surface area contributed by atoms with Crippen LogP contribution in [-0.4, -0.2) is 12.5 Å². The van der Waals surface area contributed by atoms with Crippen molar-refractivity contribution in [1.82, 2.24) is 5.32 Å². The van der Waals surface area contributed by atoms with Crippen molar-refractivity contribution in [2.75, 3.05) is 18.0 Å². The molecule has 0 fully saturated rings. The van der Waals surface area contributed by atoms with Gasteiger partial charge in [-0.05, 0) is 39.5 Å². The van der Waals surface area contributed by atoms with E-state index < -0.39 is 5.97 Å². The van der Waals surface area contributed by atoms with E-state index in [1.54, 1.807) is 0 Å². The highest BCUT2D eigenvalue weighted by molar-refractivity contribution is 9.11. The maximum absolute atomic E-state index is 12.5. The number of carbonyl (C=O) groups is 1. The number of anilines is 2. The molecule has 0 unspecified atom stereocenters. The fourth-order valence-electron chi connectivity index (χ4n) is 2.76. The maximum Gasteiger partial charge on any atom is 0.325 e. The number of nitrogens with two attached hydrogens (primary N) is 3. The molecule has 0 aliphatic heterocycles. The molecule has 0 aliphatic carbocycles. The highest BCUT2D eigenvalue weighted by Crippen LogP contribution is 2.41. The van der Waals surface area contributed by atoms with Gasteiger partial charge in [0.2, 0.25) is 0 Å². The largest absolute Gasteiger partial charge is 0.424 e. The van der Waals surface area contributed by atoms with Crippen LogP contribution in [0.1, 0.15) is 37.5 Å². The standard InChI is InChI=1S/C20H26Br2N4O2/c1-20(2,3)13-7-16(25)11(8-23)18(22)19(13)28-17(27)10-26-9-12-14(21)5-4-6-15(12)24/h4-7,26H,8-10,23-25H2,1-3H3. The van der Waals surface area contributed by atoms with Crippen LogP contribution in [0.2, 0.25) is 0 Å². The number of benzene rings is 2.